The van der Waals surface area contributed by atoms with Crippen LogP contribution in [0.1, 0.15) is 22.8 Å². The minimum absolute atomic E-state index is 0.670. The fourth-order valence-corrected chi connectivity index (χ4v) is 2.69. The first kappa shape index (κ1) is 19.2. The molecule has 0 aromatic carbocycles. The third-order valence-corrected chi connectivity index (χ3v) is 4.04. The van der Waals surface area contributed by atoms with E-state index in [1.54, 1.807) is 0 Å². The van der Waals surface area contributed by atoms with Crippen LogP contribution in [0, 0.1) is 27.7 Å². The van der Waals surface area contributed by atoms with E-state index in [0.717, 1.165) is 51.8 Å². The van der Waals surface area contributed by atoms with Crippen molar-refractivity contribution in [2.24, 2.45) is 0 Å². The van der Waals surface area contributed by atoms with E-state index in [0.29, 0.717) is 13.2 Å². The molecule has 0 unspecified atom stereocenters. The molecule has 5 nitrogen and oxygen atoms in total. The summed E-state index contributed by atoms with van der Waals surface area (Å²) in [6.07, 6.45) is 0. The van der Waals surface area contributed by atoms with Crippen molar-refractivity contribution in [3.63, 3.8) is 0 Å². The number of pyridine rings is 2. The van der Waals surface area contributed by atoms with Gasteiger partial charge >= 0.3 is 0 Å². The lowest BCUT2D eigenvalue weighted by molar-refractivity contribution is -0.890. The highest BCUT2D eigenvalue weighted by atomic mass is 16.5. The molecule has 0 radical (unpaired) electrons. The van der Waals surface area contributed by atoms with Gasteiger partial charge in [-0.25, -0.2) is 0 Å². The van der Waals surface area contributed by atoms with Crippen LogP contribution in [-0.4, -0.2) is 54.8 Å². The largest absolute Gasteiger partial charge is 0.488 e. The van der Waals surface area contributed by atoms with Crippen LogP contribution >= 0.6 is 0 Å². The number of aromatic nitrogens is 2. The number of ether oxygens (including phenoxy) is 2. The summed E-state index contributed by atoms with van der Waals surface area (Å²) in [6.45, 7) is 11.1. The normalized spacial score (nSPS) is 11.4. The number of hydrogen-bond donors (Lipinski definition) is 0. The maximum Gasteiger partial charge on any atom is 0.137 e. The summed E-state index contributed by atoms with van der Waals surface area (Å²) in [7, 11) is 4.39. The second-order valence-electron chi connectivity index (χ2n) is 7.25. The molecule has 2 aromatic heterocycles. The predicted molar refractivity (Wildman–Crippen MR) is 100 cm³/mol. The molecule has 5 heteroatoms. The van der Waals surface area contributed by atoms with E-state index >= 15 is 0 Å². The van der Waals surface area contributed by atoms with Gasteiger partial charge in [0.15, 0.2) is 0 Å². The minimum atomic E-state index is 0.670. The first-order chi connectivity index (χ1) is 11.7. The van der Waals surface area contributed by atoms with Gasteiger partial charge in [0.1, 0.15) is 37.8 Å². The Morgan fingerprint density at radius 1 is 0.680 bits per heavy atom. The lowest BCUT2D eigenvalue weighted by Gasteiger charge is -2.29. The summed E-state index contributed by atoms with van der Waals surface area (Å²) in [5.41, 5.74) is 3.94. The Bertz CT molecular complexity index is 614. The number of rotatable bonds is 8. The lowest BCUT2D eigenvalue weighted by Crippen LogP contribution is -2.45. The molecule has 0 aliphatic carbocycles. The summed E-state index contributed by atoms with van der Waals surface area (Å²) in [4.78, 5) is 8.74. The highest BCUT2D eigenvalue weighted by Gasteiger charge is 2.15. The molecule has 0 aliphatic heterocycles. The molecule has 0 spiro atoms. The van der Waals surface area contributed by atoms with Crippen molar-refractivity contribution in [1.82, 2.24) is 9.97 Å². The fraction of sp³-hybridized carbons (Fsp3) is 0.500. The highest BCUT2D eigenvalue weighted by molar-refractivity contribution is 5.26. The van der Waals surface area contributed by atoms with E-state index in [-0.39, 0.29) is 0 Å². The molecule has 0 bridgehead atoms. The molecule has 0 N–H and O–H groups in total. The van der Waals surface area contributed by atoms with Crippen molar-refractivity contribution in [2.45, 2.75) is 27.7 Å². The molecule has 136 valence electrons. The third-order valence-electron chi connectivity index (χ3n) is 4.04. The first-order valence-corrected chi connectivity index (χ1v) is 8.72. The van der Waals surface area contributed by atoms with Gasteiger partial charge in [0.25, 0.3) is 0 Å². The second-order valence-corrected chi connectivity index (χ2v) is 7.25. The number of aryl methyl sites for hydroxylation is 4. The zero-order chi connectivity index (χ0) is 18.4. The standard InChI is InChI=1S/C20H30N3O2/c1-15-11-19(12-16(2)21-15)24-9-7-23(5,6)8-10-25-20-13-17(3)22-18(4)14-20/h11-14H,7-10H2,1-6H3/q+1. The van der Waals surface area contributed by atoms with Crippen molar-refractivity contribution in [2.75, 3.05) is 40.4 Å². The topological polar surface area (TPSA) is 44.2 Å². The Labute approximate surface area is 151 Å². The molecule has 0 atom stereocenters. The Morgan fingerprint density at radius 2 is 1.00 bits per heavy atom. The van der Waals surface area contributed by atoms with Crippen molar-refractivity contribution in [3.05, 3.63) is 47.0 Å². The van der Waals surface area contributed by atoms with Crippen molar-refractivity contribution in [1.29, 1.82) is 0 Å². The summed E-state index contributed by atoms with van der Waals surface area (Å²) in [6, 6.07) is 7.91. The Hall–Kier alpha value is -2.14. The highest BCUT2D eigenvalue weighted by Crippen LogP contribution is 2.15. The summed E-state index contributed by atoms with van der Waals surface area (Å²) < 4.78 is 12.6. The maximum absolute atomic E-state index is 5.89. The molecule has 2 aromatic rings. The molecule has 0 amide bonds. The van der Waals surface area contributed by atoms with Gasteiger partial charge in [-0.05, 0) is 27.7 Å². The van der Waals surface area contributed by atoms with Crippen LogP contribution < -0.4 is 9.47 Å². The van der Waals surface area contributed by atoms with Crippen molar-refractivity contribution < 1.29 is 14.0 Å². The Kier molecular flexibility index (Phi) is 6.37. The lowest BCUT2D eigenvalue weighted by atomic mass is 10.3. The average Bonchev–Trinajstić information content (AvgIpc) is 2.44. The smallest absolute Gasteiger partial charge is 0.137 e. The van der Waals surface area contributed by atoms with Crippen molar-refractivity contribution >= 4 is 0 Å². The maximum atomic E-state index is 5.89. The van der Waals surface area contributed by atoms with E-state index in [1.165, 1.54) is 0 Å². The number of likely N-dealkylation sites (N-methyl/N-ethyl adjacent to an activating group) is 1. The SMILES string of the molecule is Cc1cc(OCC[N+](C)(C)CCOc2cc(C)nc(C)c2)cc(C)n1. The zero-order valence-electron chi connectivity index (χ0n) is 16.3. The Balaban J connectivity index is 1.77. The van der Waals surface area contributed by atoms with Crippen LogP contribution in [0.15, 0.2) is 24.3 Å². The predicted octanol–water partition coefficient (Wildman–Crippen LogP) is 3.24. The van der Waals surface area contributed by atoms with Gasteiger partial charge in [-0.3, -0.25) is 9.97 Å². The molecule has 0 fully saturated rings. The van der Waals surface area contributed by atoms with Gasteiger partial charge < -0.3 is 14.0 Å². The monoisotopic (exact) mass is 344 g/mol. The summed E-state index contributed by atoms with van der Waals surface area (Å²) in [5, 5.41) is 0. The zero-order valence-corrected chi connectivity index (χ0v) is 16.3. The summed E-state index contributed by atoms with van der Waals surface area (Å²) in [5.74, 6) is 1.79. The quantitative estimate of drug-likeness (QED) is 0.690. The van der Waals surface area contributed by atoms with Crippen LogP contribution in [-0.2, 0) is 0 Å². The molecule has 2 heterocycles. The fourth-order valence-electron chi connectivity index (χ4n) is 2.69. The number of hydrogen-bond acceptors (Lipinski definition) is 4. The van der Waals surface area contributed by atoms with Crippen molar-refractivity contribution in [3.8, 4) is 11.5 Å². The van der Waals surface area contributed by atoms with Gasteiger partial charge in [0.05, 0.1) is 14.1 Å². The minimum Gasteiger partial charge on any atom is -0.488 e. The summed E-state index contributed by atoms with van der Waals surface area (Å²) >= 11 is 0. The van der Waals surface area contributed by atoms with Crippen LogP contribution in [0.2, 0.25) is 0 Å². The molecule has 25 heavy (non-hydrogen) atoms. The Morgan fingerprint density at radius 3 is 1.32 bits per heavy atom. The van der Waals surface area contributed by atoms with E-state index in [2.05, 4.69) is 24.1 Å². The van der Waals surface area contributed by atoms with E-state index in [1.807, 2.05) is 52.0 Å². The molecule has 0 saturated heterocycles. The molecule has 0 saturated carbocycles. The number of quaternary nitrogens is 1. The van der Waals surface area contributed by atoms with Gasteiger partial charge in [0.2, 0.25) is 0 Å². The molecule has 0 aliphatic rings. The molecular weight excluding hydrogens is 314 g/mol. The van der Waals surface area contributed by atoms with Crippen LogP contribution in [0.25, 0.3) is 0 Å². The first-order valence-electron chi connectivity index (χ1n) is 8.72. The average molecular weight is 344 g/mol. The van der Waals surface area contributed by atoms with Gasteiger partial charge in [-0.1, -0.05) is 0 Å². The van der Waals surface area contributed by atoms with Crippen LogP contribution in [0.3, 0.4) is 0 Å². The van der Waals surface area contributed by atoms with E-state index in [9.17, 15) is 0 Å². The van der Waals surface area contributed by atoms with Gasteiger partial charge in [0, 0.05) is 47.0 Å². The number of nitrogens with zero attached hydrogens (tertiary/aromatic N) is 3. The van der Waals surface area contributed by atoms with Gasteiger partial charge in [-0.15, -0.1) is 0 Å². The second kappa shape index (κ2) is 8.30. The van der Waals surface area contributed by atoms with Crippen LogP contribution in [0.5, 0.6) is 11.5 Å². The van der Waals surface area contributed by atoms with E-state index in [4.69, 9.17) is 9.47 Å². The molecular formula is C20H30N3O2+. The van der Waals surface area contributed by atoms with Gasteiger partial charge in [-0.2, -0.15) is 0 Å². The van der Waals surface area contributed by atoms with Crippen LogP contribution in [0.4, 0.5) is 0 Å². The third kappa shape index (κ3) is 6.70. The molecule has 2 rings (SSSR count). The van der Waals surface area contributed by atoms with E-state index < -0.39 is 0 Å².